The highest BCUT2D eigenvalue weighted by Crippen LogP contribution is 2.23. The Labute approximate surface area is 190 Å². The summed E-state index contributed by atoms with van der Waals surface area (Å²) in [5.41, 5.74) is 0.493. The van der Waals surface area contributed by atoms with Crippen LogP contribution in [0.2, 0.25) is 0 Å². The molecule has 5 aromatic rings. The molecular weight excluding hydrogens is 443 g/mol. The summed E-state index contributed by atoms with van der Waals surface area (Å²) >= 11 is 0. The fourth-order valence-electron chi connectivity index (χ4n) is 3.59. The third-order valence-corrected chi connectivity index (χ3v) is 5.20. The van der Waals surface area contributed by atoms with E-state index in [0.29, 0.717) is 39.3 Å². The van der Waals surface area contributed by atoms with Gasteiger partial charge in [0.2, 0.25) is 0 Å². The predicted molar refractivity (Wildman–Crippen MR) is 124 cm³/mol. The number of nitrogens with one attached hydrogen (secondary N) is 2. The maximum Gasteiger partial charge on any atom is 0.350 e. The fraction of sp³-hybridized carbons (Fsp3) is 0.0833. The Balaban J connectivity index is 1.44. The molecule has 0 aliphatic rings. The summed E-state index contributed by atoms with van der Waals surface area (Å²) in [5, 5.41) is 4.36. The molecule has 170 valence electrons. The molecule has 0 saturated heterocycles. The number of hydrogen-bond acceptors (Lipinski definition) is 6. The smallest absolute Gasteiger partial charge is 0.350 e. The second-order valence-electron chi connectivity index (χ2n) is 7.36. The van der Waals surface area contributed by atoms with Crippen LogP contribution in [-0.2, 0) is 4.74 Å². The summed E-state index contributed by atoms with van der Waals surface area (Å²) in [5.74, 6) is -0.0875. The number of benzene rings is 2. The van der Waals surface area contributed by atoms with Crippen molar-refractivity contribution in [1.82, 2.24) is 14.6 Å². The van der Waals surface area contributed by atoms with Crippen molar-refractivity contribution in [2.24, 2.45) is 5.10 Å². The second kappa shape index (κ2) is 8.32. The highest BCUT2D eigenvalue weighted by Gasteiger charge is 2.13. The van der Waals surface area contributed by atoms with Gasteiger partial charge in [0.15, 0.2) is 0 Å². The molecule has 10 heteroatoms. The van der Waals surface area contributed by atoms with Gasteiger partial charge in [-0.05, 0) is 49.4 Å². The number of nitrogens with zero attached hydrogens (tertiary/aromatic N) is 2. The van der Waals surface area contributed by atoms with E-state index in [-0.39, 0.29) is 11.0 Å². The Bertz CT molecular complexity index is 1690. The minimum atomic E-state index is -0.778. The molecule has 0 bridgehead atoms. The van der Waals surface area contributed by atoms with Crippen LogP contribution in [0.15, 0.2) is 73.7 Å². The molecule has 2 aromatic carbocycles. The van der Waals surface area contributed by atoms with E-state index in [2.05, 4.69) is 15.1 Å². The van der Waals surface area contributed by atoms with Crippen molar-refractivity contribution >= 4 is 34.1 Å². The van der Waals surface area contributed by atoms with Crippen LogP contribution in [0.4, 0.5) is 4.39 Å². The number of carbonyl (C=O) groups is 1. The molecule has 0 radical (unpaired) electrons. The summed E-state index contributed by atoms with van der Waals surface area (Å²) in [6.07, 6.45) is 1.24. The van der Waals surface area contributed by atoms with E-state index in [1.807, 2.05) is 0 Å². The molecule has 2 N–H and O–H groups in total. The molecule has 0 fully saturated rings. The Hall–Kier alpha value is -4.73. The number of hydrogen-bond donors (Lipinski definition) is 2. The SMILES string of the molecule is CCOC(=O)c1ccc(-c2ccc(/C=N/n3c(=O)[nH]c4c([nH]c5ccc(F)cc54)c3=O)o2)cc1. The fourth-order valence-corrected chi connectivity index (χ4v) is 3.59. The first-order valence-corrected chi connectivity index (χ1v) is 10.3. The monoisotopic (exact) mass is 460 g/mol. The lowest BCUT2D eigenvalue weighted by molar-refractivity contribution is 0.0526. The second-order valence-corrected chi connectivity index (χ2v) is 7.36. The lowest BCUT2D eigenvalue weighted by atomic mass is 10.1. The van der Waals surface area contributed by atoms with E-state index in [0.717, 1.165) is 5.56 Å². The van der Waals surface area contributed by atoms with Crippen molar-refractivity contribution in [1.29, 1.82) is 0 Å². The van der Waals surface area contributed by atoms with Crippen LogP contribution in [0.3, 0.4) is 0 Å². The largest absolute Gasteiger partial charge is 0.462 e. The molecule has 9 nitrogen and oxygen atoms in total. The Kier molecular flexibility index (Phi) is 5.17. The van der Waals surface area contributed by atoms with Crippen LogP contribution in [-0.4, -0.2) is 33.4 Å². The minimum absolute atomic E-state index is 0.0965. The maximum atomic E-state index is 13.6. The number of aromatic amines is 2. The molecule has 0 aliphatic carbocycles. The molecule has 3 heterocycles. The van der Waals surface area contributed by atoms with Gasteiger partial charge < -0.3 is 19.1 Å². The van der Waals surface area contributed by atoms with Crippen LogP contribution < -0.4 is 11.2 Å². The average Bonchev–Trinajstić information content (AvgIpc) is 3.44. The molecular formula is C24H17FN4O5. The Morgan fingerprint density at radius 2 is 1.88 bits per heavy atom. The summed E-state index contributed by atoms with van der Waals surface area (Å²) in [6.45, 7) is 2.03. The van der Waals surface area contributed by atoms with Gasteiger partial charge in [0.05, 0.1) is 23.9 Å². The lowest BCUT2D eigenvalue weighted by Gasteiger charge is -2.02. The molecule has 34 heavy (non-hydrogen) atoms. The Morgan fingerprint density at radius 3 is 2.65 bits per heavy atom. The van der Waals surface area contributed by atoms with Crippen molar-refractivity contribution in [2.45, 2.75) is 6.92 Å². The topological polar surface area (TPSA) is 122 Å². The van der Waals surface area contributed by atoms with E-state index in [4.69, 9.17) is 9.15 Å². The van der Waals surface area contributed by atoms with E-state index in [1.165, 1.54) is 24.4 Å². The number of fused-ring (bicyclic) bond motifs is 3. The highest BCUT2D eigenvalue weighted by molar-refractivity contribution is 6.04. The van der Waals surface area contributed by atoms with Crippen molar-refractivity contribution in [3.63, 3.8) is 0 Å². The summed E-state index contributed by atoms with van der Waals surface area (Å²) in [4.78, 5) is 42.5. The van der Waals surface area contributed by atoms with Crippen LogP contribution in [0.5, 0.6) is 0 Å². The van der Waals surface area contributed by atoms with E-state index in [1.54, 1.807) is 43.3 Å². The number of aromatic nitrogens is 3. The van der Waals surface area contributed by atoms with Crippen molar-refractivity contribution < 1.29 is 18.3 Å². The van der Waals surface area contributed by atoms with E-state index >= 15 is 0 Å². The van der Waals surface area contributed by atoms with Gasteiger partial charge in [-0.3, -0.25) is 4.79 Å². The number of halogens is 1. The molecule has 0 saturated carbocycles. The number of esters is 1. The van der Waals surface area contributed by atoms with Gasteiger partial charge in [-0.25, -0.2) is 14.0 Å². The standard InChI is InChI=1S/C24H17FN4O5/c1-2-33-23(31)14-5-3-13(4-6-14)19-10-8-16(34-19)12-26-29-22(30)21-20(28-24(29)32)17-11-15(25)7-9-18(17)27-21/h3-12,27H,2H2,1H3,(H,28,32)/b26-12+. The average molecular weight is 460 g/mol. The number of ether oxygens (including phenoxy) is 1. The van der Waals surface area contributed by atoms with Gasteiger partial charge >= 0.3 is 17.2 Å². The first kappa shape index (κ1) is 21.1. The summed E-state index contributed by atoms with van der Waals surface area (Å²) in [6, 6.07) is 14.0. The number of H-pyrrole nitrogens is 2. The van der Waals surface area contributed by atoms with Crippen molar-refractivity contribution in [3.05, 3.63) is 92.6 Å². The van der Waals surface area contributed by atoms with Crippen molar-refractivity contribution in [2.75, 3.05) is 6.61 Å². The van der Waals surface area contributed by atoms with Crippen LogP contribution in [0, 0.1) is 5.82 Å². The van der Waals surface area contributed by atoms with E-state index < -0.39 is 23.0 Å². The van der Waals surface area contributed by atoms with Gasteiger partial charge in [-0.2, -0.15) is 5.10 Å². The highest BCUT2D eigenvalue weighted by atomic mass is 19.1. The van der Waals surface area contributed by atoms with Crippen LogP contribution in [0.1, 0.15) is 23.0 Å². The zero-order valence-corrected chi connectivity index (χ0v) is 17.8. The normalized spacial score (nSPS) is 11.6. The van der Waals surface area contributed by atoms with Gasteiger partial charge in [-0.1, -0.05) is 12.1 Å². The van der Waals surface area contributed by atoms with Gasteiger partial charge in [0, 0.05) is 16.5 Å². The van der Waals surface area contributed by atoms with Gasteiger partial charge in [-0.15, -0.1) is 4.68 Å². The molecule has 3 aromatic heterocycles. The predicted octanol–water partition coefficient (Wildman–Crippen LogP) is 3.63. The van der Waals surface area contributed by atoms with Gasteiger partial charge in [0.25, 0.3) is 0 Å². The molecule has 0 atom stereocenters. The first-order chi connectivity index (χ1) is 16.4. The van der Waals surface area contributed by atoms with Crippen LogP contribution in [0.25, 0.3) is 33.3 Å². The van der Waals surface area contributed by atoms with E-state index in [9.17, 15) is 18.8 Å². The molecule has 0 unspecified atom stereocenters. The minimum Gasteiger partial charge on any atom is -0.462 e. The lowest BCUT2D eigenvalue weighted by Crippen LogP contribution is -2.32. The van der Waals surface area contributed by atoms with Crippen LogP contribution >= 0.6 is 0 Å². The number of furan rings is 1. The molecule has 0 amide bonds. The quantitative estimate of drug-likeness (QED) is 0.306. The summed E-state index contributed by atoms with van der Waals surface area (Å²) in [7, 11) is 0. The Morgan fingerprint density at radius 1 is 1.09 bits per heavy atom. The number of rotatable bonds is 5. The molecule has 0 spiro atoms. The third-order valence-electron chi connectivity index (χ3n) is 5.20. The van der Waals surface area contributed by atoms with Crippen molar-refractivity contribution in [3.8, 4) is 11.3 Å². The maximum absolute atomic E-state index is 13.6. The zero-order valence-electron chi connectivity index (χ0n) is 17.8. The molecule has 5 rings (SSSR count). The summed E-state index contributed by atoms with van der Waals surface area (Å²) < 4.78 is 24.9. The zero-order chi connectivity index (χ0) is 23.8. The first-order valence-electron chi connectivity index (χ1n) is 10.3. The number of carbonyl (C=O) groups excluding carboxylic acids is 1. The third kappa shape index (κ3) is 3.71. The van der Waals surface area contributed by atoms with Gasteiger partial charge in [0.1, 0.15) is 22.9 Å². The molecule has 0 aliphatic heterocycles.